The van der Waals surface area contributed by atoms with E-state index in [4.69, 9.17) is 4.74 Å². The molecule has 1 aromatic carbocycles. The van der Waals surface area contributed by atoms with Gasteiger partial charge in [-0.1, -0.05) is 6.07 Å². The second-order valence-electron chi connectivity index (χ2n) is 6.53. The molecule has 1 saturated carbocycles. The Labute approximate surface area is 152 Å². The van der Waals surface area contributed by atoms with Crippen LogP contribution in [-0.4, -0.2) is 31.7 Å². The maximum atomic E-state index is 13.3. The topological polar surface area (TPSA) is 88.5 Å². The number of hydrogen-bond donors (Lipinski definition) is 2. The van der Waals surface area contributed by atoms with E-state index in [0.29, 0.717) is 29.8 Å². The number of aliphatic hydroxyl groups excluding tert-OH is 1. The Morgan fingerprint density at radius 1 is 1.31 bits per heavy atom. The monoisotopic (exact) mass is 380 g/mol. The molecule has 2 aromatic rings. The highest BCUT2D eigenvalue weighted by atomic mass is 32.2. The number of benzene rings is 1. The average Bonchev–Trinajstić information content (AvgIpc) is 2.57. The molecule has 140 valence electrons. The summed E-state index contributed by atoms with van der Waals surface area (Å²) >= 11 is 0. The molecule has 0 unspecified atom stereocenters. The van der Waals surface area contributed by atoms with Crippen LogP contribution in [0.25, 0.3) is 0 Å². The van der Waals surface area contributed by atoms with Crippen LogP contribution in [0.3, 0.4) is 0 Å². The second-order valence-corrected chi connectivity index (χ2v) is 8.21. The molecule has 3 rings (SSSR count). The molecule has 0 aliphatic heterocycles. The molecule has 8 heteroatoms. The number of aryl methyl sites for hydroxylation is 1. The molecule has 0 saturated heterocycles. The molecule has 0 spiro atoms. The number of sulfonamides is 1. The first kappa shape index (κ1) is 18.8. The number of pyridine rings is 1. The molecular formula is C18H21FN2O4S. The third-order valence-electron chi connectivity index (χ3n) is 4.66. The predicted octanol–water partition coefficient (Wildman–Crippen LogP) is 2.33. The van der Waals surface area contributed by atoms with Gasteiger partial charge in [0.05, 0.1) is 24.2 Å². The fourth-order valence-electron chi connectivity index (χ4n) is 3.18. The van der Waals surface area contributed by atoms with Crippen molar-refractivity contribution < 1.29 is 22.7 Å². The summed E-state index contributed by atoms with van der Waals surface area (Å²) < 4.78 is 46.8. The number of methoxy groups -OCH3 is 1. The molecule has 1 aromatic heterocycles. The first-order valence-corrected chi connectivity index (χ1v) is 9.75. The first-order valence-electron chi connectivity index (χ1n) is 8.26. The molecule has 1 fully saturated rings. The van der Waals surface area contributed by atoms with Gasteiger partial charge in [0.25, 0.3) is 0 Å². The minimum atomic E-state index is -3.87. The van der Waals surface area contributed by atoms with Crippen molar-refractivity contribution in [3.05, 3.63) is 53.5 Å². The number of hydrogen-bond acceptors (Lipinski definition) is 5. The lowest BCUT2D eigenvalue weighted by atomic mass is 9.76. The van der Waals surface area contributed by atoms with Gasteiger partial charge in [-0.25, -0.2) is 22.5 Å². The van der Waals surface area contributed by atoms with Crippen LogP contribution < -0.4 is 9.46 Å². The van der Waals surface area contributed by atoms with Crippen LogP contribution in [0.2, 0.25) is 0 Å². The van der Waals surface area contributed by atoms with Gasteiger partial charge in [0, 0.05) is 12.3 Å². The first-order chi connectivity index (χ1) is 12.3. The second kappa shape index (κ2) is 7.30. The highest BCUT2D eigenvalue weighted by Crippen LogP contribution is 2.39. The zero-order valence-corrected chi connectivity index (χ0v) is 15.3. The minimum Gasteiger partial charge on any atom is -0.481 e. The summed E-state index contributed by atoms with van der Waals surface area (Å²) in [4.78, 5) is 4.17. The molecule has 26 heavy (non-hydrogen) atoms. The minimum absolute atomic E-state index is 0.0326. The molecule has 1 heterocycles. The zero-order chi connectivity index (χ0) is 18.9. The van der Waals surface area contributed by atoms with Gasteiger partial charge in [-0.05, 0) is 55.0 Å². The van der Waals surface area contributed by atoms with Gasteiger partial charge in [0.1, 0.15) is 5.82 Å². The van der Waals surface area contributed by atoms with Gasteiger partial charge in [-0.3, -0.25) is 0 Å². The molecule has 6 nitrogen and oxygen atoms in total. The van der Waals surface area contributed by atoms with E-state index in [9.17, 15) is 17.9 Å². The van der Waals surface area contributed by atoms with Gasteiger partial charge >= 0.3 is 0 Å². The van der Waals surface area contributed by atoms with Crippen LogP contribution in [0.15, 0.2) is 41.4 Å². The number of ether oxygens (including phenoxy) is 1. The van der Waals surface area contributed by atoms with Crippen LogP contribution in [0.5, 0.6) is 5.88 Å². The summed E-state index contributed by atoms with van der Waals surface area (Å²) in [6, 6.07) is 6.44. The molecule has 1 aliphatic rings. The van der Waals surface area contributed by atoms with Crippen molar-refractivity contribution in [2.45, 2.75) is 36.8 Å². The lowest BCUT2D eigenvalue weighted by Gasteiger charge is -2.38. The van der Waals surface area contributed by atoms with Crippen molar-refractivity contribution in [3.8, 4) is 5.88 Å². The van der Waals surface area contributed by atoms with E-state index >= 15 is 0 Å². The molecule has 0 radical (unpaired) electrons. The van der Waals surface area contributed by atoms with Crippen LogP contribution in [-0.2, 0) is 10.0 Å². The normalized spacial score (nSPS) is 21.1. The summed E-state index contributed by atoms with van der Waals surface area (Å²) in [5.41, 5.74) is 1.02. The Kier molecular flexibility index (Phi) is 5.27. The number of nitrogens with one attached hydrogen (secondary N) is 1. The van der Waals surface area contributed by atoms with Gasteiger partial charge in [0.2, 0.25) is 15.9 Å². The van der Waals surface area contributed by atoms with Gasteiger partial charge in [0.15, 0.2) is 0 Å². The van der Waals surface area contributed by atoms with E-state index < -0.39 is 28.0 Å². The van der Waals surface area contributed by atoms with E-state index in [2.05, 4.69) is 9.71 Å². The Morgan fingerprint density at radius 3 is 2.58 bits per heavy atom. The van der Waals surface area contributed by atoms with Crippen LogP contribution in [0, 0.1) is 18.7 Å². The number of aromatic nitrogens is 1. The quantitative estimate of drug-likeness (QED) is 0.803. The summed E-state index contributed by atoms with van der Waals surface area (Å²) in [5, 5.41) is 9.63. The standard InChI is InChI=1S/C18H21FN2O4S/c1-11-7-14(19)4-5-16(11)26(23,24)21-18(13-8-15(22)9-13)12-3-6-17(25-2)20-10-12/h3-7,10,13,15,18,21-22H,8-9H2,1-2H3/t13?,15?,18-/m0/s1. The molecule has 0 bridgehead atoms. The van der Waals surface area contributed by atoms with Crippen molar-refractivity contribution in [1.29, 1.82) is 0 Å². The van der Waals surface area contributed by atoms with Gasteiger partial charge < -0.3 is 9.84 Å². The number of halogens is 1. The number of aliphatic hydroxyl groups is 1. The van der Waals surface area contributed by atoms with Crippen LogP contribution in [0.1, 0.15) is 30.0 Å². The number of nitrogens with zero attached hydrogens (tertiary/aromatic N) is 1. The van der Waals surface area contributed by atoms with Crippen molar-refractivity contribution in [2.75, 3.05) is 7.11 Å². The fraction of sp³-hybridized carbons (Fsp3) is 0.389. The summed E-state index contributed by atoms with van der Waals surface area (Å²) in [6.07, 6.45) is 2.14. The van der Waals surface area contributed by atoms with Crippen molar-refractivity contribution in [2.24, 2.45) is 5.92 Å². The Balaban J connectivity index is 1.91. The highest BCUT2D eigenvalue weighted by Gasteiger charge is 2.37. The Bertz CT molecular complexity index is 881. The predicted molar refractivity (Wildman–Crippen MR) is 93.7 cm³/mol. The lowest BCUT2D eigenvalue weighted by Crippen LogP contribution is -2.41. The van der Waals surface area contributed by atoms with E-state index in [1.54, 1.807) is 25.3 Å². The van der Waals surface area contributed by atoms with E-state index in [-0.39, 0.29) is 10.8 Å². The summed E-state index contributed by atoms with van der Waals surface area (Å²) in [7, 11) is -2.37. The Morgan fingerprint density at radius 2 is 2.04 bits per heavy atom. The average molecular weight is 380 g/mol. The Hall–Kier alpha value is -2.03. The van der Waals surface area contributed by atoms with Crippen LogP contribution >= 0.6 is 0 Å². The van der Waals surface area contributed by atoms with Gasteiger partial charge in [-0.2, -0.15) is 0 Å². The smallest absolute Gasteiger partial charge is 0.241 e. The maximum absolute atomic E-state index is 13.3. The zero-order valence-electron chi connectivity index (χ0n) is 14.5. The fourth-order valence-corrected chi connectivity index (χ4v) is 4.70. The molecular weight excluding hydrogens is 359 g/mol. The van der Waals surface area contributed by atoms with Crippen molar-refractivity contribution in [1.82, 2.24) is 9.71 Å². The maximum Gasteiger partial charge on any atom is 0.241 e. The molecule has 1 aliphatic carbocycles. The van der Waals surface area contributed by atoms with Crippen molar-refractivity contribution >= 4 is 10.0 Å². The number of rotatable bonds is 6. The largest absolute Gasteiger partial charge is 0.481 e. The third kappa shape index (κ3) is 3.87. The summed E-state index contributed by atoms with van der Waals surface area (Å²) in [6.45, 7) is 1.55. The highest BCUT2D eigenvalue weighted by molar-refractivity contribution is 7.89. The van der Waals surface area contributed by atoms with Crippen LogP contribution in [0.4, 0.5) is 4.39 Å². The SMILES string of the molecule is COc1ccc([C@H](NS(=O)(=O)c2ccc(F)cc2C)C2CC(O)C2)cn1. The summed E-state index contributed by atoms with van der Waals surface area (Å²) in [5.74, 6) is -0.103. The molecule has 2 N–H and O–H groups in total. The van der Waals surface area contributed by atoms with Gasteiger partial charge in [-0.15, -0.1) is 0 Å². The lowest BCUT2D eigenvalue weighted by molar-refractivity contribution is 0.0279. The van der Waals surface area contributed by atoms with E-state index in [0.717, 1.165) is 6.07 Å². The third-order valence-corrected chi connectivity index (χ3v) is 6.26. The molecule has 1 atom stereocenters. The van der Waals surface area contributed by atoms with Crippen molar-refractivity contribution in [3.63, 3.8) is 0 Å². The van der Waals surface area contributed by atoms with E-state index in [1.807, 2.05) is 0 Å². The van der Waals surface area contributed by atoms with E-state index in [1.165, 1.54) is 19.2 Å². The molecule has 0 amide bonds.